The zero-order valence-electron chi connectivity index (χ0n) is 35.7. The average Bonchev–Trinajstić information content (AvgIpc) is 3.74. The van der Waals surface area contributed by atoms with Crippen molar-refractivity contribution in [1.82, 2.24) is 4.57 Å². The summed E-state index contributed by atoms with van der Waals surface area (Å²) in [5, 5.41) is 11.2. The highest BCUT2D eigenvalue weighted by Crippen LogP contribution is 2.46. The lowest BCUT2D eigenvalue weighted by molar-refractivity contribution is 1.14. The first kappa shape index (κ1) is 37.1. The Labute approximate surface area is 378 Å². The van der Waals surface area contributed by atoms with Crippen LogP contribution >= 0.6 is 0 Å². The maximum absolute atomic E-state index is 3.69. The highest BCUT2D eigenvalue weighted by molar-refractivity contribution is 6.22. The van der Waals surface area contributed by atoms with Crippen molar-refractivity contribution in [2.24, 2.45) is 0 Å². The van der Waals surface area contributed by atoms with Crippen molar-refractivity contribution in [2.45, 2.75) is 6.42 Å². The molecule has 1 heteroatoms. The lowest BCUT2D eigenvalue weighted by atomic mass is 9.84. The number of hydrogen-bond acceptors (Lipinski definition) is 0. The van der Waals surface area contributed by atoms with Gasteiger partial charge in [-0.3, -0.25) is 0 Å². The molecule has 0 saturated heterocycles. The van der Waals surface area contributed by atoms with Crippen LogP contribution in [0.25, 0.3) is 115 Å². The molecule has 1 aliphatic heterocycles. The fourth-order valence-corrected chi connectivity index (χ4v) is 10.4. The number of nitrogens with zero attached hydrogens (tertiary/aromatic N) is 1. The zero-order valence-corrected chi connectivity index (χ0v) is 35.7. The van der Waals surface area contributed by atoms with E-state index in [1.165, 1.54) is 115 Å². The highest BCUT2D eigenvalue weighted by Gasteiger charge is 2.21. The van der Waals surface area contributed by atoms with Crippen LogP contribution in [-0.4, -0.2) is 4.57 Å². The van der Waals surface area contributed by atoms with Gasteiger partial charge in [0, 0.05) is 16.5 Å². The molecule has 0 spiro atoms. The molecule has 0 radical (unpaired) electrons. The summed E-state index contributed by atoms with van der Waals surface area (Å²) in [6, 6.07) is 85.1. The van der Waals surface area contributed by atoms with Crippen molar-refractivity contribution in [3.05, 3.63) is 253 Å². The molecular formula is C64H41N. The Morgan fingerprint density at radius 2 is 0.831 bits per heavy atom. The fourth-order valence-electron chi connectivity index (χ4n) is 10.4. The minimum atomic E-state index is 0.813. The molecule has 0 N–H and O–H groups in total. The maximum Gasteiger partial charge on any atom is 0.0961 e. The third kappa shape index (κ3) is 6.25. The number of para-hydroxylation sites is 1. The van der Waals surface area contributed by atoms with E-state index in [1.54, 1.807) is 0 Å². The zero-order chi connectivity index (χ0) is 42.8. The van der Waals surface area contributed by atoms with Crippen molar-refractivity contribution in [3.63, 3.8) is 0 Å². The van der Waals surface area contributed by atoms with Gasteiger partial charge in [-0.25, -0.2) is 0 Å². The number of aromatic nitrogens is 1. The van der Waals surface area contributed by atoms with Gasteiger partial charge in [0.1, 0.15) is 0 Å². The van der Waals surface area contributed by atoms with Gasteiger partial charge in [0.15, 0.2) is 0 Å². The normalized spacial score (nSPS) is 12.3. The van der Waals surface area contributed by atoms with E-state index in [1.807, 2.05) is 0 Å². The first-order chi connectivity index (χ1) is 32.2. The summed E-state index contributed by atoms with van der Waals surface area (Å²) in [7, 11) is 0. The van der Waals surface area contributed by atoms with Gasteiger partial charge in [0.05, 0.1) is 16.9 Å². The van der Waals surface area contributed by atoms with Gasteiger partial charge in [-0.1, -0.05) is 200 Å². The Bertz CT molecular complexity index is 3930. The molecule has 1 aromatic heterocycles. The van der Waals surface area contributed by atoms with E-state index >= 15 is 0 Å². The SMILES string of the molecule is C1=CCc2ccc(-c3ccc(-c4ccc5c(-c6ccc7ccccc7c6)c6ccccc6c(-c6ccc7ccccc7c6)c5c4)cc3)cc2-c2cc3ccccc3n2C=1c1ccccc1. The van der Waals surface area contributed by atoms with Crippen LogP contribution in [0.2, 0.25) is 0 Å². The monoisotopic (exact) mass is 823 g/mol. The van der Waals surface area contributed by atoms with E-state index in [4.69, 9.17) is 0 Å². The Balaban J connectivity index is 0.953. The minimum Gasteiger partial charge on any atom is -0.302 e. The van der Waals surface area contributed by atoms with Crippen LogP contribution in [0.4, 0.5) is 0 Å². The van der Waals surface area contributed by atoms with Gasteiger partial charge >= 0.3 is 0 Å². The summed E-state index contributed by atoms with van der Waals surface area (Å²) in [5.41, 5.74) is 20.6. The van der Waals surface area contributed by atoms with Gasteiger partial charge in [0.25, 0.3) is 0 Å². The summed E-state index contributed by atoms with van der Waals surface area (Å²) >= 11 is 0. The van der Waals surface area contributed by atoms with Crippen LogP contribution in [0.5, 0.6) is 0 Å². The van der Waals surface area contributed by atoms with Gasteiger partial charge in [-0.15, -0.1) is 0 Å². The van der Waals surface area contributed by atoms with E-state index in [0.717, 1.165) is 17.7 Å². The molecule has 0 atom stereocenters. The largest absolute Gasteiger partial charge is 0.302 e. The predicted molar refractivity (Wildman–Crippen MR) is 276 cm³/mol. The molecular weight excluding hydrogens is 783 g/mol. The number of hydrogen-bond donors (Lipinski definition) is 0. The second-order valence-electron chi connectivity index (χ2n) is 17.3. The molecule has 0 unspecified atom stereocenters. The smallest absolute Gasteiger partial charge is 0.0961 e. The molecule has 0 amide bonds. The van der Waals surface area contributed by atoms with Crippen LogP contribution in [0.3, 0.4) is 0 Å². The third-order valence-electron chi connectivity index (χ3n) is 13.6. The Hall–Kier alpha value is -8.48. The van der Waals surface area contributed by atoms with E-state index in [-0.39, 0.29) is 0 Å². The first-order valence-electron chi connectivity index (χ1n) is 22.5. The summed E-state index contributed by atoms with van der Waals surface area (Å²) in [4.78, 5) is 0. The van der Waals surface area contributed by atoms with E-state index in [0.29, 0.717) is 0 Å². The number of allylic oxidation sites excluding steroid dienone is 1. The van der Waals surface area contributed by atoms with Crippen LogP contribution in [0.1, 0.15) is 11.1 Å². The molecule has 0 saturated carbocycles. The first-order valence-corrected chi connectivity index (χ1v) is 22.5. The molecule has 11 aromatic carbocycles. The second kappa shape index (κ2) is 15.1. The molecule has 0 aliphatic carbocycles. The molecule has 302 valence electrons. The Morgan fingerprint density at radius 1 is 0.323 bits per heavy atom. The predicted octanol–water partition coefficient (Wildman–Crippen LogP) is 17.2. The number of fused-ring (bicyclic) bond motifs is 9. The second-order valence-corrected chi connectivity index (χ2v) is 17.3. The molecule has 1 nitrogen and oxygen atoms in total. The fraction of sp³-hybridized carbons (Fsp3) is 0.0156. The summed E-state index contributed by atoms with van der Waals surface area (Å²) in [6.07, 6.45) is 3.00. The van der Waals surface area contributed by atoms with Crippen LogP contribution in [0, 0.1) is 0 Å². The molecule has 0 bridgehead atoms. The van der Waals surface area contributed by atoms with E-state index in [9.17, 15) is 0 Å². The van der Waals surface area contributed by atoms with Crippen LogP contribution < -0.4 is 0 Å². The lowest BCUT2D eigenvalue weighted by Crippen LogP contribution is -2.03. The van der Waals surface area contributed by atoms with Gasteiger partial charge in [0.2, 0.25) is 0 Å². The van der Waals surface area contributed by atoms with E-state index in [2.05, 4.69) is 247 Å². The van der Waals surface area contributed by atoms with Crippen molar-refractivity contribution < 1.29 is 0 Å². The van der Waals surface area contributed by atoms with Crippen molar-refractivity contribution in [3.8, 4) is 55.8 Å². The summed E-state index contributed by atoms with van der Waals surface area (Å²) in [5.74, 6) is 0. The van der Waals surface area contributed by atoms with Crippen molar-refractivity contribution >= 4 is 59.7 Å². The maximum atomic E-state index is 3.69. The number of benzene rings is 11. The Kier molecular flexibility index (Phi) is 8.62. The molecule has 2 heterocycles. The molecule has 0 fully saturated rings. The van der Waals surface area contributed by atoms with Crippen LogP contribution in [-0.2, 0) is 6.42 Å². The average molecular weight is 824 g/mol. The van der Waals surface area contributed by atoms with Gasteiger partial charge in [-0.2, -0.15) is 0 Å². The molecule has 1 aliphatic rings. The highest BCUT2D eigenvalue weighted by atomic mass is 15.0. The quantitative estimate of drug-likeness (QED) is 0.120. The summed E-state index contributed by atoms with van der Waals surface area (Å²) < 4.78 is 2.40. The van der Waals surface area contributed by atoms with Crippen LogP contribution in [0.15, 0.2) is 242 Å². The Morgan fingerprint density at radius 3 is 1.51 bits per heavy atom. The van der Waals surface area contributed by atoms with Gasteiger partial charge < -0.3 is 4.57 Å². The minimum absolute atomic E-state index is 0.813. The standard InChI is InChI=1S/C64H41N/c1-2-15-47(16-3-1)60-24-12-20-46-31-32-50(39-58(46)62-41-52-19-8-11-23-61(52)65(60)62)44-25-27-45(28-26-44)51-35-36-57-59(40-51)64(54-34-30-43-14-5-7-18-49(43)38-54)56-22-10-9-21-55(56)63(57)53-33-29-42-13-4-6-17-48(42)37-53/h1-19,21-23,25-41H,20H2. The van der Waals surface area contributed by atoms with Gasteiger partial charge in [-0.05, 0) is 142 Å². The van der Waals surface area contributed by atoms with Crippen molar-refractivity contribution in [2.75, 3.05) is 0 Å². The summed E-state index contributed by atoms with van der Waals surface area (Å²) in [6.45, 7) is 0. The van der Waals surface area contributed by atoms with Crippen molar-refractivity contribution in [1.29, 1.82) is 0 Å². The topological polar surface area (TPSA) is 4.93 Å². The third-order valence-corrected chi connectivity index (χ3v) is 13.6. The molecule has 12 aromatic rings. The molecule has 13 rings (SSSR count). The lowest BCUT2D eigenvalue weighted by Gasteiger charge is -2.19. The molecule has 65 heavy (non-hydrogen) atoms. The van der Waals surface area contributed by atoms with E-state index < -0.39 is 0 Å². The number of rotatable bonds is 5.